The van der Waals surface area contributed by atoms with Crippen LogP contribution in [0.25, 0.3) is 22.2 Å². The van der Waals surface area contributed by atoms with Crippen molar-refractivity contribution in [3.8, 4) is 11.4 Å². The van der Waals surface area contributed by atoms with Crippen molar-refractivity contribution in [2.24, 2.45) is 7.05 Å². The normalized spacial score (nSPS) is 15.7. The molecule has 0 bridgehead atoms. The molecule has 126 valence electrons. The summed E-state index contributed by atoms with van der Waals surface area (Å²) in [5, 5.41) is 14.7. The van der Waals surface area contributed by atoms with Gasteiger partial charge < -0.3 is 0 Å². The maximum Gasteiger partial charge on any atom is 0.182 e. The molecule has 0 radical (unpaired) electrons. The van der Waals surface area contributed by atoms with Gasteiger partial charge in [-0.3, -0.25) is 0 Å². The van der Waals surface area contributed by atoms with Crippen LogP contribution in [-0.2, 0) is 7.05 Å². The Labute approximate surface area is 147 Å². The molecule has 0 unspecified atom stereocenters. The first-order valence-corrected chi connectivity index (χ1v) is 8.60. The standard InChI is InChI=1S/C21H22N4/c1-12-13(2)15(4)19(14(12)3)18-11-10-16-8-6-7-9-17(16)20(18)21-22-23-24-25(21)5/h6-11,19H,1-5H3. The minimum absolute atomic E-state index is 0.288. The Balaban J connectivity index is 2.08. The summed E-state index contributed by atoms with van der Waals surface area (Å²) in [6, 6.07) is 12.9. The Hall–Kier alpha value is -2.75. The van der Waals surface area contributed by atoms with E-state index in [1.807, 2.05) is 7.05 Å². The van der Waals surface area contributed by atoms with E-state index in [9.17, 15) is 0 Å². The summed E-state index contributed by atoms with van der Waals surface area (Å²) in [6.07, 6.45) is 0. The highest BCUT2D eigenvalue weighted by Gasteiger charge is 2.29. The van der Waals surface area contributed by atoms with E-state index in [1.165, 1.54) is 38.6 Å². The molecule has 0 aliphatic heterocycles. The smallest absolute Gasteiger partial charge is 0.182 e. The summed E-state index contributed by atoms with van der Waals surface area (Å²) in [6.45, 7) is 8.93. The first-order valence-electron chi connectivity index (χ1n) is 8.60. The van der Waals surface area contributed by atoms with Gasteiger partial charge >= 0.3 is 0 Å². The zero-order chi connectivity index (χ0) is 17.7. The van der Waals surface area contributed by atoms with Gasteiger partial charge in [0.25, 0.3) is 0 Å². The average Bonchev–Trinajstić information content (AvgIpc) is 3.12. The molecule has 0 saturated carbocycles. The highest BCUT2D eigenvalue weighted by molar-refractivity contribution is 5.97. The lowest BCUT2D eigenvalue weighted by Crippen LogP contribution is -2.05. The largest absolute Gasteiger partial charge is 0.229 e. The number of hydrogen-bond acceptors (Lipinski definition) is 3. The second kappa shape index (κ2) is 5.66. The topological polar surface area (TPSA) is 43.6 Å². The summed E-state index contributed by atoms with van der Waals surface area (Å²) in [4.78, 5) is 0. The van der Waals surface area contributed by atoms with Gasteiger partial charge in [0.1, 0.15) is 0 Å². The number of nitrogens with zero attached hydrogens (tertiary/aromatic N) is 4. The van der Waals surface area contributed by atoms with Crippen molar-refractivity contribution in [3.05, 3.63) is 64.3 Å². The molecule has 0 spiro atoms. The fourth-order valence-corrected chi connectivity index (χ4v) is 4.04. The third-order valence-electron chi connectivity index (χ3n) is 5.73. The molecule has 3 aromatic rings. The zero-order valence-corrected chi connectivity index (χ0v) is 15.3. The van der Waals surface area contributed by atoms with Crippen LogP contribution in [0.2, 0.25) is 0 Å². The number of allylic oxidation sites excluding steroid dienone is 4. The number of aryl methyl sites for hydroxylation is 1. The summed E-state index contributed by atoms with van der Waals surface area (Å²) in [7, 11) is 1.90. The third-order valence-corrected chi connectivity index (χ3v) is 5.73. The second-order valence-electron chi connectivity index (χ2n) is 6.93. The lowest BCUT2D eigenvalue weighted by Gasteiger charge is -2.21. The lowest BCUT2D eigenvalue weighted by atomic mass is 9.83. The van der Waals surface area contributed by atoms with E-state index < -0.39 is 0 Å². The van der Waals surface area contributed by atoms with Gasteiger partial charge in [0.15, 0.2) is 5.82 Å². The molecule has 0 atom stereocenters. The van der Waals surface area contributed by atoms with Gasteiger partial charge in [-0.25, -0.2) is 4.68 Å². The van der Waals surface area contributed by atoms with Crippen LogP contribution in [-0.4, -0.2) is 20.2 Å². The van der Waals surface area contributed by atoms with E-state index in [0.29, 0.717) is 0 Å². The van der Waals surface area contributed by atoms with Gasteiger partial charge in [-0.1, -0.05) is 47.5 Å². The monoisotopic (exact) mass is 330 g/mol. The van der Waals surface area contributed by atoms with E-state index in [2.05, 4.69) is 79.6 Å². The fourth-order valence-electron chi connectivity index (χ4n) is 4.04. The maximum atomic E-state index is 4.33. The molecule has 0 fully saturated rings. The number of aromatic nitrogens is 4. The van der Waals surface area contributed by atoms with Crippen molar-refractivity contribution in [1.29, 1.82) is 0 Å². The first-order chi connectivity index (χ1) is 12.0. The van der Waals surface area contributed by atoms with E-state index in [0.717, 1.165) is 11.4 Å². The molecule has 1 aliphatic carbocycles. The predicted molar refractivity (Wildman–Crippen MR) is 101 cm³/mol. The number of rotatable bonds is 2. The summed E-state index contributed by atoms with van der Waals surface area (Å²) < 4.78 is 1.76. The lowest BCUT2D eigenvalue weighted by molar-refractivity contribution is 0.714. The minimum Gasteiger partial charge on any atom is -0.229 e. The van der Waals surface area contributed by atoms with E-state index >= 15 is 0 Å². The third kappa shape index (κ3) is 2.24. The van der Waals surface area contributed by atoms with Crippen molar-refractivity contribution >= 4 is 10.8 Å². The molecule has 0 N–H and O–H groups in total. The molecule has 4 nitrogen and oxygen atoms in total. The summed E-state index contributed by atoms with van der Waals surface area (Å²) in [5.74, 6) is 1.10. The molecular weight excluding hydrogens is 308 g/mol. The number of hydrogen-bond donors (Lipinski definition) is 0. The van der Waals surface area contributed by atoms with Gasteiger partial charge in [0, 0.05) is 18.5 Å². The van der Waals surface area contributed by atoms with Crippen LogP contribution in [0.4, 0.5) is 0 Å². The fraction of sp³-hybridized carbons (Fsp3) is 0.286. The van der Waals surface area contributed by atoms with Crippen molar-refractivity contribution in [3.63, 3.8) is 0 Å². The van der Waals surface area contributed by atoms with Gasteiger partial charge in [-0.15, -0.1) is 5.10 Å². The van der Waals surface area contributed by atoms with Crippen LogP contribution in [0, 0.1) is 0 Å². The van der Waals surface area contributed by atoms with Crippen LogP contribution in [0.1, 0.15) is 39.2 Å². The Morgan fingerprint density at radius 1 is 0.880 bits per heavy atom. The van der Waals surface area contributed by atoms with Gasteiger partial charge in [0.05, 0.1) is 0 Å². The van der Waals surface area contributed by atoms with Crippen molar-refractivity contribution in [2.75, 3.05) is 0 Å². The summed E-state index contributed by atoms with van der Waals surface area (Å²) in [5.41, 5.74) is 8.05. The Kier molecular flexibility index (Phi) is 3.57. The van der Waals surface area contributed by atoms with Crippen molar-refractivity contribution < 1.29 is 0 Å². The average molecular weight is 330 g/mol. The van der Waals surface area contributed by atoms with Gasteiger partial charge in [-0.05, 0) is 65.6 Å². The van der Waals surface area contributed by atoms with Gasteiger partial charge in [0.2, 0.25) is 0 Å². The second-order valence-corrected chi connectivity index (χ2v) is 6.93. The highest BCUT2D eigenvalue weighted by atomic mass is 15.5. The maximum absolute atomic E-state index is 4.33. The predicted octanol–water partition coefficient (Wildman–Crippen LogP) is 4.80. The SMILES string of the molecule is CC1=C(C)C(c2ccc3ccccc3c2-c2nnnn2C)C(C)=C1C. The molecule has 4 heteroatoms. The molecular formula is C21H22N4. The Morgan fingerprint density at radius 3 is 2.20 bits per heavy atom. The van der Waals surface area contributed by atoms with Crippen LogP contribution >= 0.6 is 0 Å². The molecule has 1 aliphatic rings. The van der Waals surface area contributed by atoms with E-state index in [4.69, 9.17) is 0 Å². The van der Waals surface area contributed by atoms with Gasteiger partial charge in [-0.2, -0.15) is 0 Å². The van der Waals surface area contributed by atoms with Crippen LogP contribution < -0.4 is 0 Å². The molecule has 1 heterocycles. The minimum atomic E-state index is 0.288. The van der Waals surface area contributed by atoms with Crippen LogP contribution in [0.5, 0.6) is 0 Å². The Bertz CT molecular complexity index is 1030. The molecule has 0 amide bonds. The Morgan fingerprint density at radius 2 is 1.56 bits per heavy atom. The highest BCUT2D eigenvalue weighted by Crippen LogP contribution is 2.47. The molecule has 25 heavy (non-hydrogen) atoms. The molecule has 4 rings (SSSR count). The molecule has 0 saturated heterocycles. The van der Waals surface area contributed by atoms with Crippen molar-refractivity contribution in [1.82, 2.24) is 20.2 Å². The van der Waals surface area contributed by atoms with E-state index in [1.54, 1.807) is 4.68 Å². The van der Waals surface area contributed by atoms with Crippen LogP contribution in [0.15, 0.2) is 58.7 Å². The first kappa shape index (κ1) is 15.8. The van der Waals surface area contributed by atoms with Crippen molar-refractivity contribution in [2.45, 2.75) is 33.6 Å². The molecule has 1 aromatic heterocycles. The molecule has 2 aromatic carbocycles. The van der Waals surface area contributed by atoms with E-state index in [-0.39, 0.29) is 5.92 Å². The zero-order valence-electron chi connectivity index (χ0n) is 15.3. The summed E-state index contributed by atoms with van der Waals surface area (Å²) >= 11 is 0. The number of fused-ring (bicyclic) bond motifs is 1. The van der Waals surface area contributed by atoms with Crippen LogP contribution in [0.3, 0.4) is 0 Å². The number of tetrazole rings is 1. The number of benzene rings is 2. The quantitative estimate of drug-likeness (QED) is 0.678.